The monoisotopic (exact) mass is 532 g/mol. The number of rotatable bonds is 3. The highest BCUT2D eigenvalue weighted by atomic mass is 16.6. The molecule has 0 aromatic heterocycles. The molecule has 2 bridgehead atoms. The lowest BCUT2D eigenvalue weighted by Gasteiger charge is -2.30. The molecule has 9 heteroatoms. The lowest BCUT2D eigenvalue weighted by molar-refractivity contribution is -0.112. The number of phenolic OH excluding ortho intramolecular Hbond substituents is 1. The van der Waals surface area contributed by atoms with Gasteiger partial charge in [-0.05, 0) is 75.1 Å². The quantitative estimate of drug-likeness (QED) is 0.423. The number of aliphatic hydroxyl groups is 1. The van der Waals surface area contributed by atoms with Crippen molar-refractivity contribution in [3.8, 4) is 5.75 Å². The average Bonchev–Trinajstić information content (AvgIpc) is 2.85. The number of phenols is 1. The molecule has 0 saturated carbocycles. The van der Waals surface area contributed by atoms with Gasteiger partial charge in [0.25, 0.3) is 5.91 Å². The third-order valence-corrected chi connectivity index (χ3v) is 7.29. The van der Waals surface area contributed by atoms with Gasteiger partial charge < -0.3 is 35.5 Å². The van der Waals surface area contributed by atoms with E-state index in [1.807, 2.05) is 26.8 Å². The Balaban J connectivity index is 2.52. The first-order valence-corrected chi connectivity index (χ1v) is 13.1. The SMILES string of the molecule is CO[C@H]1C[C@H](C)Cc2cc(O)cc(c2C)NC(=O)/C(C)=C/CC[C@H](OC)[C@@H](OC(N)=O)/C(C)=C/[C@H](C)[C@H]1O. The molecule has 0 saturated heterocycles. The van der Waals surface area contributed by atoms with E-state index in [1.165, 1.54) is 7.11 Å². The predicted molar refractivity (Wildman–Crippen MR) is 147 cm³/mol. The zero-order chi connectivity index (χ0) is 28.6. The molecule has 2 rings (SSSR count). The standard InChI is InChI=1S/C29H44N2O7/c1-16-11-21-14-22(32)15-23(20(21)5)31-28(34)17(2)9-8-10-24(36-6)27(38-29(30)35)19(4)13-18(3)26(33)25(12-16)37-7/h9,13-16,18,24-27,32-33H,8,10-12H2,1-7H3,(H2,30,35)(H,31,34)/b17-9+,19-13+/t16-,18+,24+,25+,26-,27+/m1/s1. The molecular formula is C29H44N2O7. The molecule has 1 heterocycles. The number of carbonyl (C=O) groups excluding carboxylic acids is 2. The van der Waals surface area contributed by atoms with Gasteiger partial charge in [-0.2, -0.15) is 0 Å². The fourth-order valence-electron chi connectivity index (χ4n) is 5.03. The molecular weight excluding hydrogens is 488 g/mol. The Kier molecular flexibility index (Phi) is 11.8. The van der Waals surface area contributed by atoms with Crippen LogP contribution in [0, 0.1) is 18.8 Å². The smallest absolute Gasteiger partial charge is 0.405 e. The Morgan fingerprint density at radius 1 is 1.11 bits per heavy atom. The van der Waals surface area contributed by atoms with Crippen LogP contribution in [-0.2, 0) is 25.4 Å². The van der Waals surface area contributed by atoms with Crippen LogP contribution in [0.3, 0.4) is 0 Å². The zero-order valence-electron chi connectivity index (χ0n) is 23.6. The van der Waals surface area contributed by atoms with E-state index in [0.717, 1.165) is 11.1 Å². The van der Waals surface area contributed by atoms with Gasteiger partial charge in [0.05, 0.1) is 18.3 Å². The van der Waals surface area contributed by atoms with Crippen LogP contribution < -0.4 is 11.1 Å². The third kappa shape index (κ3) is 8.58. The van der Waals surface area contributed by atoms with Crippen LogP contribution >= 0.6 is 0 Å². The summed E-state index contributed by atoms with van der Waals surface area (Å²) in [6.45, 7) is 9.38. The maximum Gasteiger partial charge on any atom is 0.405 e. The Hall–Kier alpha value is -2.88. The topological polar surface area (TPSA) is 140 Å². The van der Waals surface area contributed by atoms with Gasteiger partial charge in [0, 0.05) is 37.5 Å². The fraction of sp³-hybridized carbons (Fsp3) is 0.586. The normalized spacial score (nSPS) is 30.9. The molecule has 5 N–H and O–H groups in total. The van der Waals surface area contributed by atoms with E-state index in [9.17, 15) is 19.8 Å². The highest BCUT2D eigenvalue weighted by Crippen LogP contribution is 2.30. The van der Waals surface area contributed by atoms with Crippen LogP contribution in [0.5, 0.6) is 5.75 Å². The number of nitrogens with two attached hydrogens (primary N) is 1. The Bertz CT molecular complexity index is 1040. The minimum atomic E-state index is -0.925. The summed E-state index contributed by atoms with van der Waals surface area (Å²) in [6, 6.07) is 3.26. The maximum absolute atomic E-state index is 12.9. The summed E-state index contributed by atoms with van der Waals surface area (Å²) < 4.78 is 16.8. The van der Waals surface area contributed by atoms with Gasteiger partial charge in [-0.3, -0.25) is 4.79 Å². The number of nitrogens with one attached hydrogen (secondary N) is 1. The van der Waals surface area contributed by atoms with Crippen molar-refractivity contribution >= 4 is 17.7 Å². The minimum Gasteiger partial charge on any atom is -0.508 e. The maximum atomic E-state index is 12.9. The van der Waals surface area contributed by atoms with Crippen molar-refractivity contribution in [2.24, 2.45) is 17.6 Å². The van der Waals surface area contributed by atoms with Crippen molar-refractivity contribution in [2.75, 3.05) is 19.5 Å². The van der Waals surface area contributed by atoms with Crippen LogP contribution in [0.4, 0.5) is 10.5 Å². The zero-order valence-corrected chi connectivity index (χ0v) is 23.6. The number of aromatic hydroxyl groups is 1. The van der Waals surface area contributed by atoms with Gasteiger partial charge in [0.15, 0.2) is 6.10 Å². The summed E-state index contributed by atoms with van der Waals surface area (Å²) in [5.41, 5.74) is 8.90. The van der Waals surface area contributed by atoms with Crippen LogP contribution in [0.25, 0.3) is 0 Å². The molecule has 1 aliphatic rings. The molecule has 0 spiro atoms. The van der Waals surface area contributed by atoms with E-state index in [0.29, 0.717) is 42.5 Å². The van der Waals surface area contributed by atoms with Gasteiger partial charge >= 0.3 is 6.09 Å². The van der Waals surface area contributed by atoms with Gasteiger partial charge in [-0.25, -0.2) is 4.79 Å². The molecule has 0 fully saturated rings. The Morgan fingerprint density at radius 3 is 2.37 bits per heavy atom. The molecule has 1 aliphatic heterocycles. The largest absolute Gasteiger partial charge is 0.508 e. The second kappa shape index (κ2) is 14.3. The summed E-state index contributed by atoms with van der Waals surface area (Å²) >= 11 is 0. The summed E-state index contributed by atoms with van der Waals surface area (Å²) in [5.74, 6) is -0.421. The van der Waals surface area contributed by atoms with Crippen molar-refractivity contribution in [1.29, 1.82) is 0 Å². The summed E-state index contributed by atoms with van der Waals surface area (Å²) in [5, 5.41) is 24.4. The first-order chi connectivity index (χ1) is 17.9. The molecule has 2 amide bonds. The van der Waals surface area contributed by atoms with E-state index >= 15 is 0 Å². The summed E-state index contributed by atoms with van der Waals surface area (Å²) in [4.78, 5) is 24.6. The lowest BCUT2D eigenvalue weighted by Crippen LogP contribution is -2.37. The van der Waals surface area contributed by atoms with Crippen molar-refractivity contribution in [3.05, 3.63) is 46.6 Å². The fourth-order valence-corrected chi connectivity index (χ4v) is 5.03. The van der Waals surface area contributed by atoms with Crippen LogP contribution in [0.2, 0.25) is 0 Å². The van der Waals surface area contributed by atoms with Gasteiger partial charge in [0.1, 0.15) is 5.75 Å². The third-order valence-electron chi connectivity index (χ3n) is 7.29. The lowest BCUT2D eigenvalue weighted by atomic mass is 9.87. The number of amides is 2. The molecule has 9 nitrogen and oxygen atoms in total. The van der Waals surface area contributed by atoms with Gasteiger partial charge in [-0.1, -0.05) is 26.0 Å². The van der Waals surface area contributed by atoms with E-state index < -0.39 is 30.5 Å². The number of allylic oxidation sites excluding steroid dienone is 1. The van der Waals surface area contributed by atoms with E-state index in [-0.39, 0.29) is 23.5 Å². The number of primary amides is 1. The number of aliphatic hydroxyl groups excluding tert-OH is 1. The van der Waals surface area contributed by atoms with Crippen LogP contribution in [0.15, 0.2) is 35.4 Å². The Morgan fingerprint density at radius 2 is 1.76 bits per heavy atom. The Labute approximate surface area is 226 Å². The number of hydrogen-bond donors (Lipinski definition) is 4. The molecule has 1 aromatic rings. The van der Waals surface area contributed by atoms with Crippen molar-refractivity contribution in [1.82, 2.24) is 0 Å². The summed E-state index contributed by atoms with van der Waals surface area (Å²) in [7, 11) is 3.10. The molecule has 212 valence electrons. The first-order valence-electron chi connectivity index (χ1n) is 13.1. The van der Waals surface area contributed by atoms with Crippen molar-refractivity contribution < 1.29 is 34.0 Å². The highest BCUT2D eigenvalue weighted by molar-refractivity contribution is 6.03. The molecule has 38 heavy (non-hydrogen) atoms. The van der Waals surface area contributed by atoms with Gasteiger partial charge in [-0.15, -0.1) is 0 Å². The molecule has 0 unspecified atom stereocenters. The second-order valence-electron chi connectivity index (χ2n) is 10.4. The van der Waals surface area contributed by atoms with Crippen molar-refractivity contribution in [2.45, 2.75) is 84.7 Å². The van der Waals surface area contributed by atoms with E-state index in [1.54, 1.807) is 32.2 Å². The average molecular weight is 533 g/mol. The number of methoxy groups -OCH3 is 2. The van der Waals surface area contributed by atoms with Crippen LogP contribution in [-0.4, -0.2) is 60.8 Å². The highest BCUT2D eigenvalue weighted by Gasteiger charge is 2.30. The van der Waals surface area contributed by atoms with E-state index in [4.69, 9.17) is 19.9 Å². The summed E-state index contributed by atoms with van der Waals surface area (Å²) in [6.07, 6.45) is 2.30. The van der Waals surface area contributed by atoms with Gasteiger partial charge in [0.2, 0.25) is 0 Å². The number of fused-ring (bicyclic) bond motifs is 2. The number of hydrogen-bond acceptors (Lipinski definition) is 7. The predicted octanol–water partition coefficient (Wildman–Crippen LogP) is 4.39. The number of ether oxygens (including phenoxy) is 3. The molecule has 0 aliphatic carbocycles. The van der Waals surface area contributed by atoms with Crippen LogP contribution in [0.1, 0.15) is 58.1 Å². The van der Waals surface area contributed by atoms with E-state index in [2.05, 4.69) is 12.2 Å². The number of carbonyl (C=O) groups is 2. The first kappa shape index (κ1) is 31.3. The number of anilines is 1. The minimum absolute atomic E-state index is 0.0709. The molecule has 0 radical (unpaired) electrons. The molecule has 1 aromatic carbocycles. The number of benzene rings is 1. The van der Waals surface area contributed by atoms with Crippen molar-refractivity contribution in [3.63, 3.8) is 0 Å². The molecule has 6 atom stereocenters. The second-order valence-corrected chi connectivity index (χ2v) is 10.4.